The van der Waals surface area contributed by atoms with E-state index in [1.807, 2.05) is 6.07 Å². The number of thiophene rings is 2. The number of hydrogen-bond acceptors (Lipinski definition) is 4. The molecule has 4 heteroatoms. The monoisotopic (exact) mass is 248 g/mol. The van der Waals surface area contributed by atoms with Gasteiger partial charge < -0.3 is 4.74 Å². The predicted molar refractivity (Wildman–Crippen MR) is 68.5 cm³/mol. The SMILES string of the molecule is CC(=O)Oc1cc2cc3sccc3cc2s1. The van der Waals surface area contributed by atoms with Gasteiger partial charge in [-0.2, -0.15) is 0 Å². The molecule has 0 atom stereocenters. The number of fused-ring (bicyclic) bond motifs is 2. The number of benzene rings is 1. The first kappa shape index (κ1) is 9.81. The van der Waals surface area contributed by atoms with Crippen molar-refractivity contribution >= 4 is 48.8 Å². The molecule has 0 fully saturated rings. The Morgan fingerprint density at radius 1 is 1.19 bits per heavy atom. The third-order valence-corrected chi connectivity index (χ3v) is 4.17. The second kappa shape index (κ2) is 3.57. The molecule has 0 spiro atoms. The van der Waals surface area contributed by atoms with Crippen molar-refractivity contribution in [1.29, 1.82) is 0 Å². The molecular formula is C12H8O2S2. The van der Waals surface area contributed by atoms with Crippen molar-refractivity contribution in [2.24, 2.45) is 0 Å². The molecule has 0 amide bonds. The number of rotatable bonds is 1. The largest absolute Gasteiger partial charge is 0.416 e. The summed E-state index contributed by atoms with van der Waals surface area (Å²) in [5.74, 6) is -0.270. The molecule has 16 heavy (non-hydrogen) atoms. The summed E-state index contributed by atoms with van der Waals surface area (Å²) in [5, 5.41) is 5.13. The molecule has 0 aliphatic heterocycles. The first-order chi connectivity index (χ1) is 7.72. The minimum Gasteiger partial charge on any atom is -0.416 e. The zero-order valence-electron chi connectivity index (χ0n) is 8.52. The van der Waals surface area contributed by atoms with E-state index in [9.17, 15) is 4.79 Å². The van der Waals surface area contributed by atoms with Crippen molar-refractivity contribution < 1.29 is 9.53 Å². The molecule has 0 N–H and O–H groups in total. The Bertz CT molecular complexity index is 631. The van der Waals surface area contributed by atoms with Crippen molar-refractivity contribution in [3.63, 3.8) is 0 Å². The highest BCUT2D eigenvalue weighted by molar-refractivity contribution is 7.21. The van der Waals surface area contributed by atoms with Crippen molar-refractivity contribution in [2.45, 2.75) is 6.92 Å². The van der Waals surface area contributed by atoms with Crippen molar-refractivity contribution in [2.75, 3.05) is 0 Å². The van der Waals surface area contributed by atoms with Crippen LogP contribution in [0.5, 0.6) is 5.06 Å². The highest BCUT2D eigenvalue weighted by Gasteiger charge is 2.06. The van der Waals surface area contributed by atoms with Crippen molar-refractivity contribution in [1.82, 2.24) is 0 Å². The van der Waals surface area contributed by atoms with Gasteiger partial charge in [-0.25, -0.2) is 0 Å². The van der Waals surface area contributed by atoms with E-state index in [0.29, 0.717) is 5.06 Å². The molecule has 0 bridgehead atoms. The highest BCUT2D eigenvalue weighted by atomic mass is 32.1. The van der Waals surface area contributed by atoms with E-state index in [2.05, 4.69) is 23.6 Å². The van der Waals surface area contributed by atoms with Crippen LogP contribution < -0.4 is 4.74 Å². The van der Waals surface area contributed by atoms with Crippen LogP contribution in [0.4, 0.5) is 0 Å². The summed E-state index contributed by atoms with van der Waals surface area (Å²) >= 11 is 3.23. The molecule has 0 aliphatic carbocycles. The van der Waals surface area contributed by atoms with E-state index >= 15 is 0 Å². The lowest BCUT2D eigenvalue weighted by molar-refractivity contribution is -0.131. The van der Waals surface area contributed by atoms with Gasteiger partial charge in [-0.05, 0) is 34.4 Å². The third kappa shape index (κ3) is 1.60. The summed E-state index contributed by atoms with van der Waals surface area (Å²) < 4.78 is 7.50. The van der Waals surface area contributed by atoms with E-state index < -0.39 is 0 Å². The van der Waals surface area contributed by atoms with Gasteiger partial charge in [0.25, 0.3) is 0 Å². The van der Waals surface area contributed by atoms with Gasteiger partial charge in [0, 0.05) is 22.4 Å². The smallest absolute Gasteiger partial charge is 0.308 e. The molecule has 0 saturated carbocycles. The Labute approximate surface area is 100 Å². The maximum absolute atomic E-state index is 10.9. The summed E-state index contributed by atoms with van der Waals surface area (Å²) in [6.45, 7) is 1.42. The van der Waals surface area contributed by atoms with Crippen LogP contribution in [0.2, 0.25) is 0 Å². The molecule has 2 nitrogen and oxygen atoms in total. The van der Waals surface area contributed by atoms with Gasteiger partial charge >= 0.3 is 5.97 Å². The zero-order chi connectivity index (χ0) is 11.1. The predicted octanol–water partition coefficient (Wildman–Crippen LogP) is 4.04. The van der Waals surface area contributed by atoms with E-state index in [4.69, 9.17) is 4.74 Å². The molecule has 3 aromatic rings. The summed E-state index contributed by atoms with van der Waals surface area (Å²) in [7, 11) is 0. The van der Waals surface area contributed by atoms with E-state index in [0.717, 1.165) is 10.1 Å². The lowest BCUT2D eigenvalue weighted by atomic mass is 10.2. The van der Waals surface area contributed by atoms with Crippen LogP contribution >= 0.6 is 22.7 Å². The maximum atomic E-state index is 10.9. The minimum atomic E-state index is -0.270. The lowest BCUT2D eigenvalue weighted by Crippen LogP contribution is -1.98. The Morgan fingerprint density at radius 2 is 2.00 bits per heavy atom. The number of carbonyl (C=O) groups excluding carboxylic acids is 1. The minimum absolute atomic E-state index is 0.270. The molecule has 80 valence electrons. The molecule has 2 heterocycles. The fourth-order valence-corrected chi connectivity index (χ4v) is 3.46. The van der Waals surface area contributed by atoms with E-state index in [-0.39, 0.29) is 5.97 Å². The summed E-state index contributed by atoms with van der Waals surface area (Å²) in [6.07, 6.45) is 0. The fourth-order valence-electron chi connectivity index (χ4n) is 1.66. The first-order valence-electron chi connectivity index (χ1n) is 4.81. The first-order valence-corrected chi connectivity index (χ1v) is 6.51. The van der Waals surface area contributed by atoms with E-state index in [1.165, 1.54) is 28.3 Å². The second-order valence-corrected chi connectivity index (χ2v) is 5.50. The van der Waals surface area contributed by atoms with Crippen molar-refractivity contribution in [3.05, 3.63) is 29.6 Å². The number of esters is 1. The molecule has 0 radical (unpaired) electrons. The van der Waals surface area contributed by atoms with Gasteiger partial charge in [-0.15, -0.1) is 11.3 Å². The average molecular weight is 248 g/mol. The Kier molecular flexibility index (Phi) is 2.19. The van der Waals surface area contributed by atoms with Gasteiger partial charge in [0.15, 0.2) is 5.06 Å². The quantitative estimate of drug-likeness (QED) is 0.607. The van der Waals surface area contributed by atoms with Gasteiger partial charge in [0.1, 0.15) is 0 Å². The normalized spacial score (nSPS) is 11.1. The van der Waals surface area contributed by atoms with Gasteiger partial charge in [0.2, 0.25) is 0 Å². The van der Waals surface area contributed by atoms with Crippen LogP contribution in [0.1, 0.15) is 6.92 Å². The number of hydrogen-bond donors (Lipinski definition) is 0. The molecule has 0 unspecified atom stereocenters. The highest BCUT2D eigenvalue weighted by Crippen LogP contribution is 2.35. The van der Waals surface area contributed by atoms with Crippen LogP contribution in [-0.4, -0.2) is 5.97 Å². The molecule has 0 aliphatic rings. The molecular weight excluding hydrogens is 240 g/mol. The topological polar surface area (TPSA) is 26.3 Å². The average Bonchev–Trinajstić information content (AvgIpc) is 2.76. The molecule has 0 saturated heterocycles. The summed E-state index contributed by atoms with van der Waals surface area (Å²) in [4.78, 5) is 10.9. The number of ether oxygens (including phenoxy) is 1. The van der Waals surface area contributed by atoms with Gasteiger partial charge in [0.05, 0.1) is 0 Å². The molecule has 2 aromatic heterocycles. The zero-order valence-corrected chi connectivity index (χ0v) is 10.2. The molecule has 1 aromatic carbocycles. The maximum Gasteiger partial charge on any atom is 0.308 e. The lowest BCUT2D eigenvalue weighted by Gasteiger charge is -1.92. The Morgan fingerprint density at radius 3 is 2.81 bits per heavy atom. The van der Waals surface area contributed by atoms with Crippen LogP contribution in [-0.2, 0) is 4.79 Å². The third-order valence-electron chi connectivity index (χ3n) is 2.31. The van der Waals surface area contributed by atoms with Crippen molar-refractivity contribution in [3.8, 4) is 5.06 Å². The summed E-state index contributed by atoms with van der Waals surface area (Å²) in [5.41, 5.74) is 0. The van der Waals surface area contributed by atoms with Crippen LogP contribution in [0.15, 0.2) is 29.6 Å². The van der Waals surface area contributed by atoms with E-state index in [1.54, 1.807) is 11.3 Å². The summed E-state index contributed by atoms with van der Waals surface area (Å²) in [6, 6.07) is 8.29. The fraction of sp³-hybridized carbons (Fsp3) is 0.0833. The molecule has 3 rings (SSSR count). The van der Waals surface area contributed by atoms with Gasteiger partial charge in [-0.1, -0.05) is 11.3 Å². The second-order valence-electron chi connectivity index (χ2n) is 3.51. The Balaban J connectivity index is 2.19. The Hall–Kier alpha value is -1.39. The van der Waals surface area contributed by atoms with Gasteiger partial charge in [-0.3, -0.25) is 4.79 Å². The standard InChI is InChI=1S/C12H8O2S2/c1-7(13)14-12-6-9-5-10-8(2-3-15-10)4-11(9)16-12/h2-6H,1H3. The van der Waals surface area contributed by atoms with Crippen LogP contribution in [0, 0.1) is 0 Å². The van der Waals surface area contributed by atoms with Crippen LogP contribution in [0.3, 0.4) is 0 Å². The number of carbonyl (C=O) groups is 1. The van der Waals surface area contributed by atoms with Crippen LogP contribution in [0.25, 0.3) is 20.2 Å².